The molecule has 0 heterocycles. The van der Waals surface area contributed by atoms with Crippen molar-refractivity contribution >= 4 is 17.9 Å². The molecule has 0 rings (SSSR count). The molecule has 0 bridgehead atoms. The molecule has 0 radical (unpaired) electrons. The van der Waals surface area contributed by atoms with E-state index in [1.165, 1.54) is 128 Å². The largest absolute Gasteiger partial charge is 0.462 e. The summed E-state index contributed by atoms with van der Waals surface area (Å²) in [6.45, 7) is 6.47. The van der Waals surface area contributed by atoms with E-state index in [4.69, 9.17) is 14.2 Å². The van der Waals surface area contributed by atoms with Crippen LogP contribution in [-0.2, 0) is 28.6 Å². The van der Waals surface area contributed by atoms with Crippen LogP contribution in [0.2, 0.25) is 0 Å². The molecule has 0 aliphatic carbocycles. The second-order valence-corrected chi connectivity index (χ2v) is 22.0. The Kier molecular flexibility index (Phi) is 64.8. The average molecular weight is 1130 g/mol. The molecule has 82 heavy (non-hydrogen) atoms. The highest BCUT2D eigenvalue weighted by atomic mass is 16.6. The summed E-state index contributed by atoms with van der Waals surface area (Å²) in [6, 6.07) is 0. The van der Waals surface area contributed by atoms with Gasteiger partial charge in [-0.15, -0.1) is 0 Å². The molecule has 0 saturated heterocycles. The zero-order valence-corrected chi connectivity index (χ0v) is 53.2. The molecular weight excluding hydrogens is 1010 g/mol. The van der Waals surface area contributed by atoms with Crippen molar-refractivity contribution in [2.75, 3.05) is 13.2 Å². The number of rotatable bonds is 60. The Morgan fingerprint density at radius 1 is 0.256 bits per heavy atom. The molecular formula is C76H124O6. The van der Waals surface area contributed by atoms with Crippen LogP contribution in [0, 0.1) is 0 Å². The third-order valence-electron chi connectivity index (χ3n) is 14.1. The molecule has 0 saturated carbocycles. The fourth-order valence-electron chi connectivity index (χ4n) is 9.03. The molecule has 0 aliphatic rings. The van der Waals surface area contributed by atoms with Crippen LogP contribution in [0.25, 0.3) is 0 Å². The van der Waals surface area contributed by atoms with Crippen LogP contribution in [0.3, 0.4) is 0 Å². The fraction of sp³-hybridized carbons (Fsp3) is 0.645. The molecule has 6 nitrogen and oxygen atoms in total. The second kappa shape index (κ2) is 68.8. The van der Waals surface area contributed by atoms with Crippen molar-refractivity contribution in [3.8, 4) is 0 Å². The summed E-state index contributed by atoms with van der Waals surface area (Å²) in [6.07, 6.45) is 98.7. The van der Waals surface area contributed by atoms with Crippen LogP contribution in [-0.4, -0.2) is 37.2 Å². The summed E-state index contributed by atoms with van der Waals surface area (Å²) >= 11 is 0. The Morgan fingerprint density at radius 3 is 0.768 bits per heavy atom. The van der Waals surface area contributed by atoms with Gasteiger partial charge in [0.1, 0.15) is 13.2 Å². The van der Waals surface area contributed by atoms with Crippen LogP contribution in [0.4, 0.5) is 0 Å². The summed E-state index contributed by atoms with van der Waals surface area (Å²) in [7, 11) is 0. The van der Waals surface area contributed by atoms with E-state index in [0.29, 0.717) is 25.7 Å². The maximum Gasteiger partial charge on any atom is 0.306 e. The smallest absolute Gasteiger partial charge is 0.306 e. The van der Waals surface area contributed by atoms with Gasteiger partial charge in [0.05, 0.1) is 0 Å². The summed E-state index contributed by atoms with van der Waals surface area (Å²) in [5.41, 5.74) is 0. The maximum atomic E-state index is 12.9. The first-order valence-electron chi connectivity index (χ1n) is 33.8. The molecule has 0 aromatic carbocycles. The molecule has 0 aliphatic heterocycles. The van der Waals surface area contributed by atoms with E-state index in [1.807, 2.05) is 0 Å². The van der Waals surface area contributed by atoms with E-state index in [9.17, 15) is 14.4 Å². The molecule has 0 spiro atoms. The van der Waals surface area contributed by atoms with E-state index < -0.39 is 6.10 Å². The molecule has 464 valence electrons. The van der Waals surface area contributed by atoms with Crippen LogP contribution < -0.4 is 0 Å². The number of carbonyl (C=O) groups is 3. The van der Waals surface area contributed by atoms with Gasteiger partial charge in [-0.3, -0.25) is 14.4 Å². The van der Waals surface area contributed by atoms with E-state index in [-0.39, 0.29) is 31.1 Å². The number of hydrogen-bond donors (Lipinski definition) is 0. The van der Waals surface area contributed by atoms with Crippen molar-refractivity contribution in [2.24, 2.45) is 0 Å². The standard InChI is InChI=1S/C76H124O6/c1-4-7-10-13-16-19-22-24-26-28-30-32-33-34-35-36-37-38-39-40-41-42-43-45-46-48-50-52-54-57-60-63-66-69-75(78)81-72-73(71-80-74(77)68-65-62-59-56-21-18-15-12-9-6-3)82-76(79)70-67-64-61-58-55-53-51-49-47-44-31-29-27-25-23-20-17-14-11-8-5-2/h7,10,16,19,23-26,29-32,34-35,37-38,40-41,43,45,48,50,54,57,73H,4-6,8-9,11-15,17-18,20-22,27-28,33,36,39,42,44,46-47,49,51-53,55-56,58-72H2,1-3H3/b10-7-,19-16-,25-23-,26-24-,31-29-,32-30-,35-34-,38-37-,41-40-,45-43-,50-48-,57-54-. The van der Waals surface area contributed by atoms with Gasteiger partial charge < -0.3 is 14.2 Å². The molecule has 6 heteroatoms. The Balaban J connectivity index is 4.34. The SMILES string of the molecule is CC/C=C\C/C=C\C/C=C\C/C=C\C/C=C\C/C=C\C/C=C\C/C=C\C/C=C\C/C=C\CCCCC(=O)OCC(COC(=O)CCCCCCCCCCCC)OC(=O)CCCCCCCCCCC/C=C\C/C=C\CCCCCCC. The lowest BCUT2D eigenvalue weighted by atomic mass is 10.1. The Labute approximate surface area is 506 Å². The van der Waals surface area contributed by atoms with Crippen molar-refractivity contribution < 1.29 is 28.6 Å². The van der Waals surface area contributed by atoms with E-state index >= 15 is 0 Å². The number of allylic oxidation sites excluding steroid dienone is 24. The van der Waals surface area contributed by atoms with Crippen LogP contribution in [0.1, 0.15) is 297 Å². The lowest BCUT2D eigenvalue weighted by molar-refractivity contribution is -0.167. The minimum absolute atomic E-state index is 0.0955. The molecule has 0 amide bonds. The first-order chi connectivity index (χ1) is 40.5. The quantitative estimate of drug-likeness (QED) is 0.0261. The van der Waals surface area contributed by atoms with Crippen LogP contribution in [0.15, 0.2) is 146 Å². The van der Waals surface area contributed by atoms with Crippen molar-refractivity contribution in [1.29, 1.82) is 0 Å². The first-order valence-corrected chi connectivity index (χ1v) is 33.8. The zero-order valence-electron chi connectivity index (χ0n) is 53.2. The van der Waals surface area contributed by atoms with E-state index in [1.54, 1.807) is 0 Å². The summed E-state index contributed by atoms with van der Waals surface area (Å²) in [5, 5.41) is 0. The fourth-order valence-corrected chi connectivity index (χ4v) is 9.03. The van der Waals surface area contributed by atoms with E-state index in [0.717, 1.165) is 122 Å². The minimum atomic E-state index is -0.803. The van der Waals surface area contributed by atoms with Gasteiger partial charge in [0, 0.05) is 19.3 Å². The average Bonchev–Trinajstić information content (AvgIpc) is 3.48. The topological polar surface area (TPSA) is 78.9 Å². The van der Waals surface area contributed by atoms with Gasteiger partial charge in [-0.05, 0) is 128 Å². The highest BCUT2D eigenvalue weighted by molar-refractivity contribution is 5.71. The van der Waals surface area contributed by atoms with Crippen LogP contribution >= 0.6 is 0 Å². The van der Waals surface area contributed by atoms with Gasteiger partial charge in [0.15, 0.2) is 6.10 Å². The van der Waals surface area contributed by atoms with Gasteiger partial charge in [-0.1, -0.05) is 295 Å². The molecule has 1 unspecified atom stereocenters. The van der Waals surface area contributed by atoms with Crippen molar-refractivity contribution in [3.63, 3.8) is 0 Å². The van der Waals surface area contributed by atoms with Gasteiger partial charge in [-0.25, -0.2) is 0 Å². The van der Waals surface area contributed by atoms with Crippen LogP contribution in [0.5, 0.6) is 0 Å². The Morgan fingerprint density at radius 2 is 0.476 bits per heavy atom. The van der Waals surface area contributed by atoms with Crippen molar-refractivity contribution in [2.45, 2.75) is 303 Å². The maximum absolute atomic E-state index is 12.9. The molecule has 0 aromatic heterocycles. The Hall–Kier alpha value is -4.71. The van der Waals surface area contributed by atoms with Crippen molar-refractivity contribution in [1.82, 2.24) is 0 Å². The number of unbranched alkanes of at least 4 members (excludes halogenated alkanes) is 25. The number of hydrogen-bond acceptors (Lipinski definition) is 6. The molecule has 0 aromatic rings. The normalized spacial score (nSPS) is 13.1. The third-order valence-corrected chi connectivity index (χ3v) is 14.1. The minimum Gasteiger partial charge on any atom is -0.462 e. The Bertz CT molecular complexity index is 1780. The second-order valence-electron chi connectivity index (χ2n) is 22.0. The third kappa shape index (κ3) is 66.1. The number of carbonyl (C=O) groups excluding carboxylic acids is 3. The van der Waals surface area contributed by atoms with Gasteiger partial charge >= 0.3 is 17.9 Å². The summed E-state index contributed by atoms with van der Waals surface area (Å²) in [4.78, 5) is 38.3. The lowest BCUT2D eigenvalue weighted by Gasteiger charge is -2.18. The first kappa shape index (κ1) is 77.3. The highest BCUT2D eigenvalue weighted by Gasteiger charge is 2.19. The lowest BCUT2D eigenvalue weighted by Crippen LogP contribution is -2.30. The molecule has 1 atom stereocenters. The predicted octanol–water partition coefficient (Wildman–Crippen LogP) is 23.5. The van der Waals surface area contributed by atoms with Gasteiger partial charge in [0.2, 0.25) is 0 Å². The zero-order chi connectivity index (χ0) is 59.2. The summed E-state index contributed by atoms with van der Waals surface area (Å²) in [5.74, 6) is -0.945. The van der Waals surface area contributed by atoms with E-state index in [2.05, 4.69) is 167 Å². The molecule has 0 fully saturated rings. The number of ether oxygens (including phenoxy) is 3. The van der Waals surface area contributed by atoms with Gasteiger partial charge in [0.25, 0.3) is 0 Å². The highest BCUT2D eigenvalue weighted by Crippen LogP contribution is 2.15. The predicted molar refractivity (Wildman–Crippen MR) is 357 cm³/mol. The monoisotopic (exact) mass is 1130 g/mol. The number of esters is 3. The van der Waals surface area contributed by atoms with Crippen molar-refractivity contribution in [3.05, 3.63) is 146 Å². The van der Waals surface area contributed by atoms with Gasteiger partial charge in [-0.2, -0.15) is 0 Å². The summed E-state index contributed by atoms with van der Waals surface area (Å²) < 4.78 is 16.9. The molecule has 0 N–H and O–H groups in total.